The summed E-state index contributed by atoms with van der Waals surface area (Å²) in [7, 11) is 1.20. The summed E-state index contributed by atoms with van der Waals surface area (Å²) in [6, 6.07) is 2.47. The summed E-state index contributed by atoms with van der Waals surface area (Å²) in [5.74, 6) is -0.866. The molecule has 0 bridgehead atoms. The Hall–Kier alpha value is -2.04. The molecule has 0 spiro atoms. The molecule has 0 aliphatic rings. The van der Waals surface area contributed by atoms with E-state index in [1.54, 1.807) is 6.07 Å². The third-order valence-corrected chi connectivity index (χ3v) is 1.91. The molecule has 0 fully saturated rings. The van der Waals surface area contributed by atoms with Crippen molar-refractivity contribution in [3.63, 3.8) is 0 Å². The second-order valence-electron chi connectivity index (χ2n) is 3.12. The zero-order valence-corrected chi connectivity index (χ0v) is 9.21. The van der Waals surface area contributed by atoms with Crippen molar-refractivity contribution < 1.29 is 27.0 Å². The van der Waals surface area contributed by atoms with Crippen LogP contribution in [0.25, 0.3) is 0 Å². The predicted molar refractivity (Wildman–Crippen MR) is 51.6 cm³/mol. The van der Waals surface area contributed by atoms with Crippen molar-refractivity contribution in [3.8, 4) is 17.7 Å². The van der Waals surface area contributed by atoms with E-state index in [2.05, 4.69) is 9.72 Å². The first-order valence-electron chi connectivity index (χ1n) is 4.66. The first-order chi connectivity index (χ1) is 8.41. The SMILES string of the molecule is COc1nc(CC#N)c(OC(F)(F)F)cc1CF. The van der Waals surface area contributed by atoms with Crippen molar-refractivity contribution >= 4 is 0 Å². The van der Waals surface area contributed by atoms with Gasteiger partial charge in [-0.3, -0.25) is 0 Å². The second kappa shape index (κ2) is 5.53. The summed E-state index contributed by atoms with van der Waals surface area (Å²) in [6.07, 6.45) is -5.34. The molecule has 1 heterocycles. The van der Waals surface area contributed by atoms with Crippen LogP contribution in [0.1, 0.15) is 11.3 Å². The third kappa shape index (κ3) is 3.48. The summed E-state index contributed by atoms with van der Waals surface area (Å²) in [6.45, 7) is -1.06. The van der Waals surface area contributed by atoms with Gasteiger partial charge in [0.05, 0.1) is 19.6 Å². The fourth-order valence-corrected chi connectivity index (χ4v) is 1.24. The molecular formula is C10H8F4N2O2. The maximum atomic E-state index is 12.6. The number of nitriles is 1. The van der Waals surface area contributed by atoms with Crippen LogP contribution in [-0.2, 0) is 13.1 Å². The maximum absolute atomic E-state index is 12.6. The number of aromatic nitrogens is 1. The van der Waals surface area contributed by atoms with Gasteiger partial charge >= 0.3 is 6.36 Å². The standard InChI is InChI=1S/C10H8F4N2O2/c1-17-9-6(5-11)4-8(18-10(12,13)14)7(16-9)2-3-15/h4H,2,5H2,1H3. The molecule has 0 amide bonds. The number of alkyl halides is 4. The average molecular weight is 264 g/mol. The van der Waals surface area contributed by atoms with Crippen LogP contribution in [0.5, 0.6) is 11.6 Å². The van der Waals surface area contributed by atoms with Gasteiger partial charge in [-0.05, 0) is 6.07 Å². The van der Waals surface area contributed by atoms with Gasteiger partial charge < -0.3 is 9.47 Å². The number of ether oxygens (including phenoxy) is 2. The molecule has 18 heavy (non-hydrogen) atoms. The van der Waals surface area contributed by atoms with E-state index in [0.717, 1.165) is 6.07 Å². The van der Waals surface area contributed by atoms with Gasteiger partial charge in [0.25, 0.3) is 0 Å². The highest BCUT2D eigenvalue weighted by molar-refractivity contribution is 5.39. The zero-order valence-electron chi connectivity index (χ0n) is 9.21. The van der Waals surface area contributed by atoms with Gasteiger partial charge in [-0.15, -0.1) is 13.2 Å². The van der Waals surface area contributed by atoms with E-state index in [0.29, 0.717) is 0 Å². The molecule has 0 saturated carbocycles. The number of methoxy groups -OCH3 is 1. The number of rotatable bonds is 4. The first kappa shape index (κ1) is 14.0. The van der Waals surface area contributed by atoms with Crippen LogP contribution in [0.4, 0.5) is 17.6 Å². The molecule has 8 heteroatoms. The van der Waals surface area contributed by atoms with Gasteiger partial charge in [-0.25, -0.2) is 9.37 Å². The normalized spacial score (nSPS) is 10.9. The Bertz CT molecular complexity index is 468. The van der Waals surface area contributed by atoms with Gasteiger partial charge in [-0.1, -0.05) is 0 Å². The van der Waals surface area contributed by atoms with Crippen LogP contribution in [0, 0.1) is 11.3 Å². The summed E-state index contributed by atoms with van der Waals surface area (Å²) in [5.41, 5.74) is -0.442. The summed E-state index contributed by atoms with van der Waals surface area (Å²) < 4.78 is 57.3. The fourth-order valence-electron chi connectivity index (χ4n) is 1.24. The lowest BCUT2D eigenvalue weighted by atomic mass is 10.2. The van der Waals surface area contributed by atoms with Crippen LogP contribution in [0.15, 0.2) is 6.07 Å². The lowest BCUT2D eigenvalue weighted by Crippen LogP contribution is -2.19. The highest BCUT2D eigenvalue weighted by Gasteiger charge is 2.33. The Morgan fingerprint density at radius 3 is 2.56 bits per heavy atom. The number of nitrogens with zero attached hydrogens (tertiary/aromatic N) is 2. The molecular weight excluding hydrogens is 256 g/mol. The van der Waals surface area contributed by atoms with Crippen LogP contribution >= 0.6 is 0 Å². The van der Waals surface area contributed by atoms with E-state index in [-0.39, 0.29) is 17.1 Å². The zero-order chi connectivity index (χ0) is 13.8. The van der Waals surface area contributed by atoms with Gasteiger partial charge in [-0.2, -0.15) is 5.26 Å². The quantitative estimate of drug-likeness (QED) is 0.784. The van der Waals surface area contributed by atoms with Crippen molar-refractivity contribution in [2.24, 2.45) is 0 Å². The Balaban J connectivity index is 3.25. The summed E-state index contributed by atoms with van der Waals surface area (Å²) >= 11 is 0. The summed E-state index contributed by atoms with van der Waals surface area (Å²) in [5, 5.41) is 8.49. The van der Waals surface area contributed by atoms with Crippen LogP contribution < -0.4 is 9.47 Å². The van der Waals surface area contributed by atoms with Gasteiger partial charge in [0.1, 0.15) is 12.4 Å². The molecule has 0 N–H and O–H groups in total. The molecule has 0 aromatic carbocycles. The Morgan fingerprint density at radius 1 is 1.44 bits per heavy atom. The van der Waals surface area contributed by atoms with Gasteiger partial charge in [0.2, 0.25) is 5.88 Å². The van der Waals surface area contributed by atoms with E-state index < -0.39 is 25.2 Å². The molecule has 0 aliphatic heterocycles. The molecule has 0 aliphatic carbocycles. The third-order valence-electron chi connectivity index (χ3n) is 1.91. The van der Waals surface area contributed by atoms with Crippen LogP contribution in [0.3, 0.4) is 0 Å². The first-order valence-corrected chi connectivity index (χ1v) is 4.66. The molecule has 0 radical (unpaired) electrons. The molecule has 1 aromatic rings. The minimum Gasteiger partial charge on any atom is -0.481 e. The largest absolute Gasteiger partial charge is 0.573 e. The minimum atomic E-state index is -4.94. The van der Waals surface area contributed by atoms with E-state index in [1.807, 2.05) is 0 Å². The van der Waals surface area contributed by atoms with Crippen molar-refractivity contribution in [2.45, 2.75) is 19.5 Å². The molecule has 0 saturated heterocycles. The Kier molecular flexibility index (Phi) is 4.31. The minimum absolute atomic E-state index is 0.169. The van der Waals surface area contributed by atoms with E-state index >= 15 is 0 Å². The predicted octanol–water partition coefficient (Wildman–Crippen LogP) is 2.52. The van der Waals surface area contributed by atoms with Gasteiger partial charge in [0, 0.05) is 5.56 Å². The van der Waals surface area contributed by atoms with E-state index in [4.69, 9.17) is 10.00 Å². The number of hydrogen-bond donors (Lipinski definition) is 0. The van der Waals surface area contributed by atoms with Crippen LogP contribution in [0.2, 0.25) is 0 Å². The smallest absolute Gasteiger partial charge is 0.481 e. The van der Waals surface area contributed by atoms with E-state index in [1.165, 1.54) is 7.11 Å². The fraction of sp³-hybridized carbons (Fsp3) is 0.400. The lowest BCUT2D eigenvalue weighted by Gasteiger charge is -2.14. The molecule has 98 valence electrons. The lowest BCUT2D eigenvalue weighted by molar-refractivity contribution is -0.275. The van der Waals surface area contributed by atoms with E-state index in [9.17, 15) is 17.6 Å². The maximum Gasteiger partial charge on any atom is 0.573 e. The molecule has 1 aromatic heterocycles. The molecule has 0 atom stereocenters. The highest BCUT2D eigenvalue weighted by atomic mass is 19.4. The Morgan fingerprint density at radius 2 is 2.11 bits per heavy atom. The summed E-state index contributed by atoms with van der Waals surface area (Å²) in [4.78, 5) is 3.63. The number of pyridine rings is 1. The average Bonchev–Trinajstić information content (AvgIpc) is 2.29. The van der Waals surface area contributed by atoms with Crippen LogP contribution in [-0.4, -0.2) is 18.5 Å². The van der Waals surface area contributed by atoms with Gasteiger partial charge in [0.15, 0.2) is 5.75 Å². The Labute approximate surface area is 99.8 Å². The highest BCUT2D eigenvalue weighted by Crippen LogP contribution is 2.30. The van der Waals surface area contributed by atoms with Crippen molar-refractivity contribution in [1.82, 2.24) is 4.98 Å². The monoisotopic (exact) mass is 264 g/mol. The molecule has 0 unspecified atom stereocenters. The number of halogens is 4. The molecule has 1 rings (SSSR count). The number of hydrogen-bond acceptors (Lipinski definition) is 4. The van der Waals surface area contributed by atoms with Crippen molar-refractivity contribution in [1.29, 1.82) is 5.26 Å². The second-order valence-corrected chi connectivity index (χ2v) is 3.12. The topological polar surface area (TPSA) is 55.1 Å². The van der Waals surface area contributed by atoms with Crippen molar-refractivity contribution in [3.05, 3.63) is 17.3 Å². The molecule has 4 nitrogen and oxygen atoms in total. The van der Waals surface area contributed by atoms with Crippen molar-refractivity contribution in [2.75, 3.05) is 7.11 Å².